The summed E-state index contributed by atoms with van der Waals surface area (Å²) in [6, 6.07) is 43.5. The van der Waals surface area contributed by atoms with Crippen molar-refractivity contribution in [3.8, 4) is 56.4 Å². The summed E-state index contributed by atoms with van der Waals surface area (Å²) in [5.41, 5.74) is 10.5. The van der Waals surface area contributed by atoms with E-state index >= 15 is 0 Å². The van der Waals surface area contributed by atoms with E-state index in [1.807, 2.05) is 54.6 Å². The van der Waals surface area contributed by atoms with Crippen LogP contribution in [0.25, 0.3) is 111 Å². The van der Waals surface area contributed by atoms with Crippen molar-refractivity contribution in [2.45, 2.75) is 0 Å². The predicted octanol–water partition coefficient (Wildman–Crippen LogP) is 10.9. The Balaban J connectivity index is 1.24. The third-order valence-electron chi connectivity index (χ3n) is 9.59. The van der Waals surface area contributed by atoms with Crippen molar-refractivity contribution in [3.63, 3.8) is 0 Å². The van der Waals surface area contributed by atoms with Crippen molar-refractivity contribution >= 4 is 54.8 Å². The zero-order chi connectivity index (χ0) is 31.3. The van der Waals surface area contributed by atoms with Gasteiger partial charge in [0.1, 0.15) is 16.7 Å². The molecule has 0 spiro atoms. The number of para-hydroxylation sites is 2. The number of hydrogen-bond donors (Lipinski definition) is 0. The zero-order valence-electron chi connectivity index (χ0n) is 25.3. The summed E-state index contributed by atoms with van der Waals surface area (Å²) in [6.07, 6.45) is 1.75. The van der Waals surface area contributed by atoms with Crippen LogP contribution in [0.1, 0.15) is 0 Å². The summed E-state index contributed by atoms with van der Waals surface area (Å²) < 4.78 is 12.4. The molecule has 4 aromatic heterocycles. The van der Waals surface area contributed by atoms with Gasteiger partial charge in [0.2, 0.25) is 5.71 Å². The van der Waals surface area contributed by atoms with E-state index in [4.69, 9.17) is 23.8 Å². The first-order chi connectivity index (χ1) is 23.8. The molecule has 0 amide bonds. The smallest absolute Gasteiger partial charge is 0.228 e. The monoisotopic (exact) mass is 614 g/mol. The lowest BCUT2D eigenvalue weighted by molar-refractivity contribution is 0.654. The Hall–Kier alpha value is -6.66. The number of fused-ring (bicyclic) bond motifs is 9. The van der Waals surface area contributed by atoms with Gasteiger partial charge >= 0.3 is 0 Å². The lowest BCUT2D eigenvalue weighted by atomic mass is 9.98. The second-order valence-corrected chi connectivity index (χ2v) is 12.2. The molecule has 0 saturated carbocycles. The standard InChI is InChI=1S/C42H22N4O2/c1-2-10-24-23(9-1)25-13-7-14-26-28(20-19-27(24)36(25)26)39-44-40(31-15-8-18-35-37(31)29-11-3-5-16-33(29)47-35)46-41(45-39)32-21-22-43-42-38(32)30-12-4-6-17-34(30)48-42/h1-22H. The molecule has 1 aliphatic carbocycles. The van der Waals surface area contributed by atoms with E-state index < -0.39 is 0 Å². The molecule has 222 valence electrons. The lowest BCUT2D eigenvalue weighted by Crippen LogP contribution is -2.01. The minimum absolute atomic E-state index is 0.545. The number of aromatic nitrogens is 4. The molecule has 0 N–H and O–H groups in total. The molecule has 0 aliphatic heterocycles. The molecular weight excluding hydrogens is 592 g/mol. The maximum absolute atomic E-state index is 6.27. The van der Waals surface area contributed by atoms with Gasteiger partial charge in [-0.05, 0) is 63.4 Å². The molecule has 6 nitrogen and oxygen atoms in total. The van der Waals surface area contributed by atoms with Crippen LogP contribution >= 0.6 is 0 Å². The number of hydrogen-bond acceptors (Lipinski definition) is 6. The van der Waals surface area contributed by atoms with Gasteiger partial charge in [-0.1, -0.05) is 97.1 Å². The number of pyridine rings is 1. The fourth-order valence-corrected chi connectivity index (χ4v) is 7.53. The van der Waals surface area contributed by atoms with Gasteiger partial charge in [-0.25, -0.2) is 19.9 Å². The van der Waals surface area contributed by atoms with E-state index in [9.17, 15) is 0 Å². The van der Waals surface area contributed by atoms with E-state index in [0.717, 1.165) is 60.4 Å². The Kier molecular flexibility index (Phi) is 5.02. The molecule has 0 atom stereocenters. The highest BCUT2D eigenvalue weighted by Crippen LogP contribution is 2.49. The highest BCUT2D eigenvalue weighted by Gasteiger charge is 2.25. The molecule has 0 saturated heterocycles. The van der Waals surface area contributed by atoms with Gasteiger partial charge in [0.05, 0.1) is 5.39 Å². The highest BCUT2D eigenvalue weighted by atomic mass is 16.3. The van der Waals surface area contributed by atoms with E-state index in [2.05, 4.69) is 77.8 Å². The van der Waals surface area contributed by atoms with Gasteiger partial charge in [-0.15, -0.1) is 0 Å². The number of nitrogens with zero attached hydrogens (tertiary/aromatic N) is 4. The van der Waals surface area contributed by atoms with Crippen molar-refractivity contribution in [2.75, 3.05) is 0 Å². The van der Waals surface area contributed by atoms with Crippen LogP contribution in [0.4, 0.5) is 0 Å². The minimum Gasteiger partial charge on any atom is -0.456 e. The van der Waals surface area contributed by atoms with Gasteiger partial charge in [0.15, 0.2) is 17.5 Å². The molecule has 4 heterocycles. The second-order valence-electron chi connectivity index (χ2n) is 12.2. The van der Waals surface area contributed by atoms with Crippen LogP contribution in [-0.2, 0) is 0 Å². The van der Waals surface area contributed by atoms with Crippen LogP contribution in [0, 0.1) is 0 Å². The van der Waals surface area contributed by atoms with Crippen LogP contribution in [0.2, 0.25) is 0 Å². The molecule has 6 aromatic carbocycles. The Morgan fingerprint density at radius 2 is 0.854 bits per heavy atom. The van der Waals surface area contributed by atoms with Crippen LogP contribution < -0.4 is 0 Å². The fraction of sp³-hybridized carbons (Fsp3) is 0. The molecule has 0 unspecified atom stereocenters. The number of benzene rings is 6. The molecule has 0 radical (unpaired) electrons. The van der Waals surface area contributed by atoms with Gasteiger partial charge < -0.3 is 8.83 Å². The van der Waals surface area contributed by atoms with Crippen LogP contribution in [0.5, 0.6) is 0 Å². The molecule has 0 fully saturated rings. The summed E-state index contributed by atoms with van der Waals surface area (Å²) in [7, 11) is 0. The Labute approximate surface area is 273 Å². The molecule has 0 bridgehead atoms. The van der Waals surface area contributed by atoms with Crippen LogP contribution in [0.15, 0.2) is 142 Å². The zero-order valence-corrected chi connectivity index (χ0v) is 25.3. The van der Waals surface area contributed by atoms with Gasteiger partial charge in [0, 0.05) is 39.0 Å². The summed E-state index contributed by atoms with van der Waals surface area (Å²) in [6.45, 7) is 0. The molecule has 48 heavy (non-hydrogen) atoms. The Morgan fingerprint density at radius 1 is 0.333 bits per heavy atom. The van der Waals surface area contributed by atoms with Gasteiger partial charge in [-0.3, -0.25) is 0 Å². The van der Waals surface area contributed by atoms with E-state index in [1.54, 1.807) is 6.20 Å². The van der Waals surface area contributed by atoms with Crippen molar-refractivity contribution in [1.82, 2.24) is 19.9 Å². The number of rotatable bonds is 3. The topological polar surface area (TPSA) is 77.8 Å². The number of furan rings is 2. The molecule has 10 aromatic rings. The van der Waals surface area contributed by atoms with Crippen LogP contribution in [-0.4, -0.2) is 19.9 Å². The largest absolute Gasteiger partial charge is 0.456 e. The van der Waals surface area contributed by atoms with Gasteiger partial charge in [0.25, 0.3) is 0 Å². The van der Waals surface area contributed by atoms with Crippen molar-refractivity contribution < 1.29 is 8.83 Å². The van der Waals surface area contributed by atoms with Crippen molar-refractivity contribution in [1.29, 1.82) is 0 Å². The molecule has 11 rings (SSSR count). The van der Waals surface area contributed by atoms with E-state index in [1.165, 1.54) is 27.6 Å². The van der Waals surface area contributed by atoms with E-state index in [-0.39, 0.29) is 0 Å². The minimum atomic E-state index is 0.545. The first-order valence-electron chi connectivity index (χ1n) is 15.9. The van der Waals surface area contributed by atoms with Gasteiger partial charge in [-0.2, -0.15) is 0 Å². The quantitative estimate of drug-likeness (QED) is 0.197. The molecule has 6 heteroatoms. The Morgan fingerprint density at radius 3 is 1.65 bits per heavy atom. The first-order valence-corrected chi connectivity index (χ1v) is 15.9. The predicted molar refractivity (Wildman–Crippen MR) is 190 cm³/mol. The maximum Gasteiger partial charge on any atom is 0.228 e. The van der Waals surface area contributed by atoms with E-state index in [0.29, 0.717) is 23.2 Å². The molecular formula is C42H22N4O2. The van der Waals surface area contributed by atoms with Crippen molar-refractivity contribution in [3.05, 3.63) is 134 Å². The van der Waals surface area contributed by atoms with Crippen molar-refractivity contribution in [2.24, 2.45) is 0 Å². The Bertz CT molecular complexity index is 2810. The molecule has 1 aliphatic rings. The van der Waals surface area contributed by atoms with Crippen LogP contribution in [0.3, 0.4) is 0 Å². The fourth-order valence-electron chi connectivity index (χ4n) is 7.53. The third kappa shape index (κ3) is 3.46. The normalized spacial score (nSPS) is 12.2. The summed E-state index contributed by atoms with van der Waals surface area (Å²) in [5.74, 6) is 1.71. The third-order valence-corrected chi connectivity index (χ3v) is 9.59. The average Bonchev–Trinajstić information content (AvgIpc) is 3.82. The highest BCUT2D eigenvalue weighted by molar-refractivity contribution is 6.19. The SMILES string of the molecule is c1ccc2c(c1)-c1cccc3c(-c4nc(-c5cccc6oc7ccccc7c56)nc(-c5ccnc6oc7ccccc7c56)n4)ccc-2c13. The first kappa shape index (κ1) is 25.5. The lowest BCUT2D eigenvalue weighted by Gasteiger charge is -2.12. The average molecular weight is 615 g/mol. The summed E-state index contributed by atoms with van der Waals surface area (Å²) in [5, 5.41) is 6.14. The summed E-state index contributed by atoms with van der Waals surface area (Å²) in [4.78, 5) is 20.2. The summed E-state index contributed by atoms with van der Waals surface area (Å²) >= 11 is 0. The maximum atomic E-state index is 6.27. The second kappa shape index (κ2) is 9.44.